The van der Waals surface area contributed by atoms with Crippen molar-refractivity contribution in [1.82, 2.24) is 9.80 Å². The van der Waals surface area contributed by atoms with Gasteiger partial charge in [0.25, 0.3) is 0 Å². The highest BCUT2D eigenvalue weighted by Gasteiger charge is 2.21. The average Bonchev–Trinajstić information content (AvgIpc) is 2.77. The van der Waals surface area contributed by atoms with Crippen LogP contribution in [0.4, 0.5) is 0 Å². The lowest BCUT2D eigenvalue weighted by Crippen LogP contribution is -2.44. The summed E-state index contributed by atoms with van der Waals surface area (Å²) in [6.45, 7) is 3.81. The van der Waals surface area contributed by atoms with Crippen LogP contribution in [0.3, 0.4) is 0 Å². The van der Waals surface area contributed by atoms with Crippen molar-refractivity contribution in [3.05, 3.63) is 23.7 Å². The molecule has 1 fully saturated rings. The molecule has 1 aliphatic heterocycles. The van der Waals surface area contributed by atoms with Crippen LogP contribution >= 0.6 is 0 Å². The Hall–Kier alpha value is -0.840. The Bertz CT molecular complexity index is 350. The SMILES string of the molecule is CN1CCCC(N(C)Cc2cc(CN)co2)C1. The van der Waals surface area contributed by atoms with E-state index in [-0.39, 0.29) is 0 Å². The fraction of sp³-hybridized carbons (Fsp3) is 0.692. The van der Waals surface area contributed by atoms with Crippen LogP contribution in [-0.2, 0) is 13.1 Å². The van der Waals surface area contributed by atoms with E-state index in [4.69, 9.17) is 10.2 Å². The van der Waals surface area contributed by atoms with Gasteiger partial charge in [-0.25, -0.2) is 0 Å². The van der Waals surface area contributed by atoms with Gasteiger partial charge in [0.05, 0.1) is 12.8 Å². The summed E-state index contributed by atoms with van der Waals surface area (Å²) < 4.78 is 5.51. The second-order valence-electron chi connectivity index (χ2n) is 5.10. The Kier molecular flexibility index (Phi) is 4.20. The third-order valence-electron chi connectivity index (χ3n) is 3.57. The number of furan rings is 1. The van der Waals surface area contributed by atoms with Crippen LogP contribution in [0.25, 0.3) is 0 Å². The molecule has 1 unspecified atom stereocenters. The van der Waals surface area contributed by atoms with Crippen LogP contribution < -0.4 is 5.73 Å². The predicted octanol–water partition coefficient (Wildman–Crippen LogP) is 1.26. The lowest BCUT2D eigenvalue weighted by atomic mass is 10.1. The Labute approximate surface area is 103 Å². The van der Waals surface area contributed by atoms with Crippen molar-refractivity contribution in [3.63, 3.8) is 0 Å². The number of piperidine rings is 1. The van der Waals surface area contributed by atoms with Crippen molar-refractivity contribution < 1.29 is 4.42 Å². The van der Waals surface area contributed by atoms with E-state index in [1.165, 1.54) is 19.4 Å². The van der Waals surface area contributed by atoms with E-state index >= 15 is 0 Å². The molecule has 0 spiro atoms. The van der Waals surface area contributed by atoms with Crippen LogP contribution in [0.5, 0.6) is 0 Å². The first-order valence-corrected chi connectivity index (χ1v) is 6.34. The van der Waals surface area contributed by atoms with Crippen LogP contribution in [0.15, 0.2) is 16.7 Å². The van der Waals surface area contributed by atoms with Crippen molar-refractivity contribution >= 4 is 0 Å². The zero-order chi connectivity index (χ0) is 12.3. The van der Waals surface area contributed by atoms with E-state index in [1.807, 2.05) is 0 Å². The summed E-state index contributed by atoms with van der Waals surface area (Å²) in [5, 5.41) is 0. The lowest BCUT2D eigenvalue weighted by molar-refractivity contribution is 0.123. The minimum absolute atomic E-state index is 0.555. The molecule has 0 bridgehead atoms. The number of nitrogens with zero attached hydrogens (tertiary/aromatic N) is 2. The highest BCUT2D eigenvalue weighted by Crippen LogP contribution is 2.17. The molecule has 0 amide bonds. The summed E-state index contributed by atoms with van der Waals surface area (Å²) in [5.74, 6) is 1.01. The first-order valence-electron chi connectivity index (χ1n) is 6.34. The second-order valence-corrected chi connectivity index (χ2v) is 5.10. The maximum Gasteiger partial charge on any atom is 0.118 e. The lowest BCUT2D eigenvalue weighted by Gasteiger charge is -2.35. The first kappa shape index (κ1) is 12.6. The molecule has 17 heavy (non-hydrogen) atoms. The molecule has 2 N–H and O–H groups in total. The molecule has 1 atom stereocenters. The van der Waals surface area contributed by atoms with Gasteiger partial charge in [0.1, 0.15) is 5.76 Å². The summed E-state index contributed by atoms with van der Waals surface area (Å²) in [5.41, 5.74) is 6.65. The molecule has 4 nitrogen and oxygen atoms in total. The van der Waals surface area contributed by atoms with E-state index in [2.05, 4.69) is 30.0 Å². The van der Waals surface area contributed by atoms with Crippen LogP contribution in [0.2, 0.25) is 0 Å². The number of hydrogen-bond donors (Lipinski definition) is 1. The summed E-state index contributed by atoms with van der Waals surface area (Å²) in [4.78, 5) is 4.78. The molecular weight excluding hydrogens is 214 g/mol. The van der Waals surface area contributed by atoms with Gasteiger partial charge in [-0.3, -0.25) is 4.90 Å². The molecule has 4 heteroatoms. The molecular formula is C13H23N3O. The van der Waals surface area contributed by atoms with Gasteiger partial charge in [-0.05, 0) is 39.5 Å². The maximum absolute atomic E-state index is 5.57. The monoisotopic (exact) mass is 237 g/mol. The van der Waals surface area contributed by atoms with Crippen molar-refractivity contribution in [2.75, 3.05) is 27.2 Å². The number of likely N-dealkylation sites (N-methyl/N-ethyl adjacent to an activating group) is 2. The summed E-state index contributed by atoms with van der Waals surface area (Å²) in [6.07, 6.45) is 4.33. The highest BCUT2D eigenvalue weighted by atomic mass is 16.3. The van der Waals surface area contributed by atoms with E-state index in [9.17, 15) is 0 Å². The van der Waals surface area contributed by atoms with Crippen molar-refractivity contribution in [2.45, 2.75) is 32.0 Å². The molecule has 1 aromatic heterocycles. The zero-order valence-corrected chi connectivity index (χ0v) is 10.9. The van der Waals surface area contributed by atoms with Gasteiger partial charge in [-0.1, -0.05) is 0 Å². The van der Waals surface area contributed by atoms with Gasteiger partial charge < -0.3 is 15.1 Å². The fourth-order valence-electron chi connectivity index (χ4n) is 2.49. The van der Waals surface area contributed by atoms with Gasteiger partial charge in [0.2, 0.25) is 0 Å². The largest absolute Gasteiger partial charge is 0.468 e. The predicted molar refractivity (Wildman–Crippen MR) is 68.6 cm³/mol. The zero-order valence-electron chi connectivity index (χ0n) is 10.9. The van der Waals surface area contributed by atoms with Gasteiger partial charge >= 0.3 is 0 Å². The molecule has 0 saturated carbocycles. The minimum atomic E-state index is 0.555. The van der Waals surface area contributed by atoms with Gasteiger partial charge in [0, 0.05) is 24.7 Å². The molecule has 2 heterocycles. The number of rotatable bonds is 4. The number of likely N-dealkylation sites (tertiary alicyclic amines) is 1. The summed E-state index contributed by atoms with van der Waals surface area (Å²) >= 11 is 0. The standard InChI is InChI=1S/C13H23N3O/c1-15-5-3-4-12(8-15)16(2)9-13-6-11(7-14)10-17-13/h6,10,12H,3-5,7-9,14H2,1-2H3. The minimum Gasteiger partial charge on any atom is -0.468 e. The summed E-state index contributed by atoms with van der Waals surface area (Å²) in [7, 11) is 4.37. The number of nitrogens with two attached hydrogens (primary N) is 1. The van der Waals surface area contributed by atoms with Gasteiger partial charge in [-0.2, -0.15) is 0 Å². The van der Waals surface area contributed by atoms with Crippen molar-refractivity contribution in [2.24, 2.45) is 5.73 Å². The number of hydrogen-bond acceptors (Lipinski definition) is 4. The average molecular weight is 237 g/mol. The van der Waals surface area contributed by atoms with E-state index in [0.29, 0.717) is 12.6 Å². The van der Waals surface area contributed by atoms with E-state index in [1.54, 1.807) is 6.26 Å². The molecule has 1 saturated heterocycles. The Morgan fingerprint density at radius 1 is 1.59 bits per heavy atom. The Balaban J connectivity index is 1.89. The Morgan fingerprint density at radius 2 is 2.41 bits per heavy atom. The van der Waals surface area contributed by atoms with Gasteiger partial charge in [-0.15, -0.1) is 0 Å². The van der Waals surface area contributed by atoms with Gasteiger partial charge in [0.15, 0.2) is 0 Å². The maximum atomic E-state index is 5.57. The molecule has 1 aliphatic rings. The van der Waals surface area contributed by atoms with Crippen LogP contribution in [0, 0.1) is 0 Å². The molecule has 0 radical (unpaired) electrons. The molecule has 0 aromatic carbocycles. The fourth-order valence-corrected chi connectivity index (χ4v) is 2.49. The molecule has 2 rings (SSSR count). The smallest absolute Gasteiger partial charge is 0.118 e. The van der Waals surface area contributed by atoms with Crippen LogP contribution in [0.1, 0.15) is 24.2 Å². The molecule has 0 aliphatic carbocycles. The van der Waals surface area contributed by atoms with E-state index in [0.717, 1.165) is 24.4 Å². The second kappa shape index (κ2) is 5.67. The van der Waals surface area contributed by atoms with E-state index < -0.39 is 0 Å². The van der Waals surface area contributed by atoms with Crippen molar-refractivity contribution in [3.8, 4) is 0 Å². The Morgan fingerprint density at radius 3 is 3.06 bits per heavy atom. The highest BCUT2D eigenvalue weighted by molar-refractivity contribution is 5.12. The molecule has 1 aromatic rings. The third kappa shape index (κ3) is 3.31. The first-order chi connectivity index (χ1) is 8.19. The summed E-state index contributed by atoms with van der Waals surface area (Å²) in [6, 6.07) is 2.70. The van der Waals surface area contributed by atoms with Crippen molar-refractivity contribution in [1.29, 1.82) is 0 Å². The van der Waals surface area contributed by atoms with Crippen LogP contribution in [-0.4, -0.2) is 43.0 Å². The topological polar surface area (TPSA) is 45.6 Å². The third-order valence-corrected chi connectivity index (χ3v) is 3.57. The normalized spacial score (nSPS) is 22.2. The quantitative estimate of drug-likeness (QED) is 0.856. The molecule has 96 valence electrons.